The molecule has 6 nitrogen and oxygen atoms in total. The van der Waals surface area contributed by atoms with Crippen LogP contribution in [0.25, 0.3) is 0 Å². The van der Waals surface area contributed by atoms with E-state index in [1.807, 2.05) is 37.3 Å². The van der Waals surface area contributed by atoms with Crippen LogP contribution in [0.1, 0.15) is 18.5 Å². The number of halogens is 1. The van der Waals surface area contributed by atoms with Crippen molar-refractivity contribution in [1.29, 1.82) is 0 Å². The van der Waals surface area contributed by atoms with Crippen LogP contribution < -0.4 is 19.7 Å². The first-order chi connectivity index (χ1) is 13.9. The molecule has 0 radical (unpaired) electrons. The van der Waals surface area contributed by atoms with Gasteiger partial charge in [-0.1, -0.05) is 29.8 Å². The number of carbonyl (C=O) groups excluding carboxylic acids is 1. The van der Waals surface area contributed by atoms with Gasteiger partial charge >= 0.3 is 5.97 Å². The lowest BCUT2D eigenvalue weighted by atomic mass is 9.94. The molecule has 0 unspecified atom stereocenters. The van der Waals surface area contributed by atoms with Crippen molar-refractivity contribution in [3.63, 3.8) is 0 Å². The van der Waals surface area contributed by atoms with E-state index >= 15 is 0 Å². The second-order valence-electron chi connectivity index (χ2n) is 6.28. The number of benzene rings is 2. The maximum atomic E-state index is 12.7. The van der Waals surface area contributed by atoms with E-state index in [9.17, 15) is 4.79 Å². The maximum absolute atomic E-state index is 12.7. The van der Waals surface area contributed by atoms with E-state index in [-0.39, 0.29) is 0 Å². The maximum Gasteiger partial charge on any atom is 0.337 e. The Morgan fingerprint density at radius 2 is 1.83 bits per heavy atom. The molecule has 0 fully saturated rings. The molecule has 2 aromatic carbocycles. The van der Waals surface area contributed by atoms with Crippen molar-refractivity contribution in [1.82, 2.24) is 5.32 Å². The van der Waals surface area contributed by atoms with Crippen molar-refractivity contribution in [3.8, 4) is 11.5 Å². The highest BCUT2D eigenvalue weighted by Gasteiger charge is 2.36. The normalized spacial score (nSPS) is 16.4. The molecule has 3 rings (SSSR count). The van der Waals surface area contributed by atoms with Gasteiger partial charge < -0.3 is 19.5 Å². The Hall–Kier alpha value is -2.77. The van der Waals surface area contributed by atoms with Crippen LogP contribution in [-0.4, -0.2) is 32.4 Å². The number of esters is 1. The Morgan fingerprint density at radius 3 is 2.41 bits per heavy atom. The Morgan fingerprint density at radius 1 is 1.14 bits per heavy atom. The van der Waals surface area contributed by atoms with Crippen molar-refractivity contribution in [2.24, 2.45) is 0 Å². The fourth-order valence-electron chi connectivity index (χ4n) is 3.36. The molecule has 29 heavy (non-hydrogen) atoms. The molecule has 0 aromatic heterocycles. The molecule has 0 spiro atoms. The summed E-state index contributed by atoms with van der Waals surface area (Å²) in [6.07, 6.45) is 0. The molecule has 1 atom stereocenters. The quantitative estimate of drug-likeness (QED) is 0.560. The van der Waals surface area contributed by atoms with E-state index in [1.54, 1.807) is 17.0 Å². The number of carbonyl (C=O) groups is 1. The lowest BCUT2D eigenvalue weighted by Crippen LogP contribution is -2.48. The van der Waals surface area contributed by atoms with Crippen molar-refractivity contribution in [3.05, 3.63) is 64.3 Å². The standard InChI is InChI=1S/C21H21ClN2O4S/c1-12-17(20(25)28-4)18(13-10-15(22)19(27-3)16(11-13)26-2)23-21(29)24(12)14-8-6-5-7-9-14/h5-11,18H,1-4H3,(H,23,29)/t18-/m0/s1. The van der Waals surface area contributed by atoms with Crippen LogP contribution in [0.4, 0.5) is 5.69 Å². The largest absolute Gasteiger partial charge is 0.493 e. The van der Waals surface area contributed by atoms with Crippen LogP contribution in [0.2, 0.25) is 5.02 Å². The Labute approximate surface area is 180 Å². The van der Waals surface area contributed by atoms with Crippen molar-refractivity contribution in [2.45, 2.75) is 13.0 Å². The van der Waals surface area contributed by atoms with Gasteiger partial charge in [0.05, 0.1) is 38.0 Å². The summed E-state index contributed by atoms with van der Waals surface area (Å²) in [5.74, 6) is 0.409. The van der Waals surface area contributed by atoms with Gasteiger partial charge in [-0.2, -0.15) is 0 Å². The van der Waals surface area contributed by atoms with Gasteiger partial charge in [-0.3, -0.25) is 4.90 Å². The van der Waals surface area contributed by atoms with Crippen LogP contribution in [0.5, 0.6) is 11.5 Å². The SMILES string of the molecule is COC(=O)C1=C(C)N(c2ccccc2)C(=S)N[C@H]1c1cc(Cl)c(OC)c(OC)c1. The lowest BCUT2D eigenvalue weighted by Gasteiger charge is -2.37. The number of para-hydroxylation sites is 1. The van der Waals surface area contributed by atoms with Gasteiger partial charge in [0.2, 0.25) is 0 Å². The summed E-state index contributed by atoms with van der Waals surface area (Å²) in [4.78, 5) is 14.5. The third-order valence-electron chi connectivity index (χ3n) is 4.69. The summed E-state index contributed by atoms with van der Waals surface area (Å²) >= 11 is 12.0. The minimum absolute atomic E-state index is 0.363. The fourth-order valence-corrected chi connectivity index (χ4v) is 4.02. The van der Waals surface area contributed by atoms with Crippen LogP contribution in [-0.2, 0) is 9.53 Å². The molecule has 1 aliphatic rings. The first-order valence-electron chi connectivity index (χ1n) is 8.79. The third kappa shape index (κ3) is 3.88. The second-order valence-corrected chi connectivity index (χ2v) is 7.08. The highest BCUT2D eigenvalue weighted by molar-refractivity contribution is 7.80. The zero-order valence-electron chi connectivity index (χ0n) is 16.5. The summed E-state index contributed by atoms with van der Waals surface area (Å²) < 4.78 is 15.8. The van der Waals surface area contributed by atoms with Gasteiger partial charge in [-0.25, -0.2) is 4.79 Å². The van der Waals surface area contributed by atoms with Gasteiger partial charge in [0.25, 0.3) is 0 Å². The lowest BCUT2D eigenvalue weighted by molar-refractivity contribution is -0.136. The monoisotopic (exact) mass is 432 g/mol. The number of allylic oxidation sites excluding steroid dienone is 1. The number of thiocarbonyl (C=S) groups is 1. The summed E-state index contributed by atoms with van der Waals surface area (Å²) in [5.41, 5.74) is 2.63. The number of anilines is 1. The van der Waals surface area contributed by atoms with Crippen molar-refractivity contribution in [2.75, 3.05) is 26.2 Å². The summed E-state index contributed by atoms with van der Waals surface area (Å²) in [7, 11) is 4.39. The average Bonchev–Trinajstić information content (AvgIpc) is 2.72. The number of ether oxygens (including phenoxy) is 3. The van der Waals surface area contributed by atoms with E-state index in [2.05, 4.69) is 5.32 Å². The summed E-state index contributed by atoms with van der Waals surface area (Å²) in [6.45, 7) is 1.84. The highest BCUT2D eigenvalue weighted by Crippen LogP contribution is 2.41. The van der Waals surface area contributed by atoms with Gasteiger partial charge in [-0.05, 0) is 49.0 Å². The van der Waals surface area contributed by atoms with Gasteiger partial charge in [0.15, 0.2) is 16.6 Å². The Kier molecular flexibility index (Phi) is 6.30. The molecule has 1 aliphatic heterocycles. The molecule has 152 valence electrons. The van der Waals surface area contributed by atoms with Gasteiger partial charge in [-0.15, -0.1) is 0 Å². The molecule has 0 saturated heterocycles. The van der Waals surface area contributed by atoms with E-state index in [4.69, 9.17) is 38.0 Å². The van der Waals surface area contributed by atoms with Crippen LogP contribution >= 0.6 is 23.8 Å². The molecule has 0 bridgehead atoms. The number of methoxy groups -OCH3 is 3. The van der Waals surface area contributed by atoms with E-state index in [0.717, 1.165) is 5.69 Å². The first kappa shape index (κ1) is 21.0. The minimum atomic E-state index is -0.563. The van der Waals surface area contributed by atoms with Crippen LogP contribution in [0.3, 0.4) is 0 Å². The summed E-state index contributed by atoms with van der Waals surface area (Å²) in [6, 6.07) is 12.5. The van der Waals surface area contributed by atoms with E-state index in [0.29, 0.717) is 38.5 Å². The number of nitrogens with zero attached hydrogens (tertiary/aromatic N) is 1. The number of rotatable bonds is 5. The molecular weight excluding hydrogens is 412 g/mol. The number of hydrogen-bond acceptors (Lipinski definition) is 5. The predicted octanol–water partition coefficient (Wildman–Crippen LogP) is 4.24. The molecule has 1 N–H and O–H groups in total. The Bertz CT molecular complexity index is 978. The van der Waals surface area contributed by atoms with Gasteiger partial charge in [0, 0.05) is 11.4 Å². The molecule has 0 amide bonds. The molecule has 0 aliphatic carbocycles. The first-order valence-corrected chi connectivity index (χ1v) is 9.57. The Balaban J connectivity index is 2.17. The van der Waals surface area contributed by atoms with Crippen LogP contribution in [0.15, 0.2) is 53.7 Å². The van der Waals surface area contributed by atoms with E-state index < -0.39 is 12.0 Å². The second kappa shape index (κ2) is 8.71. The molecular formula is C21H21ClN2O4S. The van der Waals surface area contributed by atoms with Crippen molar-refractivity contribution < 1.29 is 19.0 Å². The van der Waals surface area contributed by atoms with E-state index in [1.165, 1.54) is 21.3 Å². The number of nitrogens with one attached hydrogen (secondary N) is 1. The van der Waals surface area contributed by atoms with Crippen molar-refractivity contribution >= 4 is 40.6 Å². The topological polar surface area (TPSA) is 60.0 Å². The van der Waals surface area contributed by atoms with Gasteiger partial charge in [0.1, 0.15) is 0 Å². The highest BCUT2D eigenvalue weighted by atomic mass is 35.5. The third-order valence-corrected chi connectivity index (χ3v) is 5.27. The zero-order valence-corrected chi connectivity index (χ0v) is 18.1. The smallest absolute Gasteiger partial charge is 0.337 e. The van der Waals surface area contributed by atoms with Crippen LogP contribution in [0, 0.1) is 0 Å². The summed E-state index contributed by atoms with van der Waals surface area (Å²) in [5, 5.41) is 4.06. The fraction of sp³-hybridized carbons (Fsp3) is 0.238. The molecule has 0 saturated carbocycles. The molecule has 8 heteroatoms. The number of hydrogen-bond donors (Lipinski definition) is 1. The minimum Gasteiger partial charge on any atom is -0.493 e. The molecule has 2 aromatic rings. The predicted molar refractivity (Wildman–Crippen MR) is 117 cm³/mol. The zero-order chi connectivity index (χ0) is 21.1. The molecule has 1 heterocycles. The average molecular weight is 433 g/mol.